The molecule has 0 bridgehead atoms. The average molecular weight is 423 g/mol. The van der Waals surface area contributed by atoms with Crippen LogP contribution in [0.1, 0.15) is 11.6 Å². The van der Waals surface area contributed by atoms with Gasteiger partial charge in [0, 0.05) is 12.1 Å². The zero-order chi connectivity index (χ0) is 15.7. The second-order valence-electron chi connectivity index (χ2n) is 4.41. The van der Waals surface area contributed by atoms with E-state index in [1.807, 2.05) is 18.2 Å². The molecule has 0 aliphatic carbocycles. The molecule has 7 heteroatoms. The summed E-state index contributed by atoms with van der Waals surface area (Å²) in [5.41, 5.74) is 1.94. The Kier molecular flexibility index (Phi) is 4.05. The average Bonchev–Trinajstić information content (AvgIpc) is 3.07. The standard InChI is InChI=1S/C15H9Br2N3O2/c1-21-9-2-3-12-13(6-9)20-15(19-12)8(7-18)4-10-5-11(16)14(17)22-10/h2-6H,1H3,(H,19,20)/b8-4-. The lowest BCUT2D eigenvalue weighted by Crippen LogP contribution is -1.84. The molecule has 2 heterocycles. The first kappa shape index (κ1) is 14.9. The number of nitriles is 1. The fourth-order valence-corrected chi connectivity index (χ4v) is 2.58. The summed E-state index contributed by atoms with van der Waals surface area (Å²) < 4.78 is 12.0. The summed E-state index contributed by atoms with van der Waals surface area (Å²) in [6, 6.07) is 9.40. The van der Waals surface area contributed by atoms with Crippen LogP contribution in [0.4, 0.5) is 0 Å². The second kappa shape index (κ2) is 5.99. The predicted molar refractivity (Wildman–Crippen MR) is 90.2 cm³/mol. The Morgan fingerprint density at radius 1 is 1.41 bits per heavy atom. The summed E-state index contributed by atoms with van der Waals surface area (Å²) in [6.07, 6.45) is 1.63. The zero-order valence-electron chi connectivity index (χ0n) is 11.4. The number of benzene rings is 1. The van der Waals surface area contributed by atoms with Crippen molar-refractivity contribution in [2.45, 2.75) is 0 Å². The quantitative estimate of drug-likeness (QED) is 0.617. The lowest BCUT2D eigenvalue weighted by molar-refractivity contribution is 0.415. The number of furan rings is 1. The highest BCUT2D eigenvalue weighted by Crippen LogP contribution is 2.29. The Hall–Kier alpha value is -2.04. The van der Waals surface area contributed by atoms with Crippen LogP contribution in [-0.2, 0) is 0 Å². The molecule has 3 rings (SSSR count). The Morgan fingerprint density at radius 2 is 2.23 bits per heavy atom. The Labute approximate surface area is 142 Å². The van der Waals surface area contributed by atoms with E-state index in [9.17, 15) is 5.26 Å². The number of ether oxygens (including phenoxy) is 1. The van der Waals surface area contributed by atoms with E-state index in [1.54, 1.807) is 19.3 Å². The number of methoxy groups -OCH3 is 1. The van der Waals surface area contributed by atoms with Gasteiger partial charge in [0.05, 0.1) is 28.2 Å². The summed E-state index contributed by atoms with van der Waals surface area (Å²) in [6.45, 7) is 0. The minimum absolute atomic E-state index is 0.379. The van der Waals surface area contributed by atoms with Gasteiger partial charge in [-0.25, -0.2) is 4.98 Å². The number of halogens is 2. The van der Waals surface area contributed by atoms with Gasteiger partial charge in [0.1, 0.15) is 23.4 Å². The molecule has 0 amide bonds. The maximum atomic E-state index is 9.37. The van der Waals surface area contributed by atoms with Crippen LogP contribution >= 0.6 is 31.9 Å². The SMILES string of the molecule is COc1ccc2nc(/C(C#N)=C\c3cc(Br)c(Br)o3)[nH]c2c1. The fourth-order valence-electron chi connectivity index (χ4n) is 1.97. The molecule has 0 fully saturated rings. The van der Waals surface area contributed by atoms with Crippen molar-refractivity contribution in [2.75, 3.05) is 7.11 Å². The molecular formula is C15H9Br2N3O2. The van der Waals surface area contributed by atoms with Crippen LogP contribution < -0.4 is 4.74 Å². The van der Waals surface area contributed by atoms with Gasteiger partial charge >= 0.3 is 0 Å². The van der Waals surface area contributed by atoms with Gasteiger partial charge in [0.15, 0.2) is 4.67 Å². The molecule has 0 unspecified atom stereocenters. The molecule has 3 aromatic rings. The van der Waals surface area contributed by atoms with Gasteiger partial charge in [0.2, 0.25) is 0 Å². The van der Waals surface area contributed by atoms with Gasteiger partial charge < -0.3 is 14.1 Å². The van der Waals surface area contributed by atoms with Gasteiger partial charge in [-0.2, -0.15) is 5.26 Å². The first-order chi connectivity index (χ1) is 10.6. The zero-order valence-corrected chi connectivity index (χ0v) is 14.5. The molecular weight excluding hydrogens is 414 g/mol. The molecule has 0 saturated carbocycles. The number of imidazole rings is 1. The van der Waals surface area contributed by atoms with E-state index >= 15 is 0 Å². The molecule has 0 spiro atoms. The van der Waals surface area contributed by atoms with Crippen molar-refractivity contribution in [2.24, 2.45) is 0 Å². The Morgan fingerprint density at radius 3 is 2.86 bits per heavy atom. The van der Waals surface area contributed by atoms with Gasteiger partial charge in [-0.3, -0.25) is 0 Å². The minimum Gasteiger partial charge on any atom is -0.497 e. The van der Waals surface area contributed by atoms with Crippen LogP contribution in [-0.4, -0.2) is 17.1 Å². The molecule has 0 atom stereocenters. The third kappa shape index (κ3) is 2.80. The van der Waals surface area contributed by atoms with E-state index in [1.165, 1.54) is 0 Å². The van der Waals surface area contributed by atoms with Crippen LogP contribution in [0.5, 0.6) is 5.75 Å². The van der Waals surface area contributed by atoms with E-state index in [2.05, 4.69) is 47.9 Å². The molecule has 0 aliphatic rings. The van der Waals surface area contributed by atoms with E-state index < -0.39 is 0 Å². The van der Waals surface area contributed by atoms with Crippen LogP contribution in [0.15, 0.2) is 37.8 Å². The third-order valence-electron chi connectivity index (χ3n) is 3.02. The molecule has 5 nitrogen and oxygen atoms in total. The summed E-state index contributed by atoms with van der Waals surface area (Å²) >= 11 is 6.60. The number of H-pyrrole nitrogens is 1. The highest BCUT2D eigenvalue weighted by molar-refractivity contribution is 9.13. The van der Waals surface area contributed by atoms with E-state index in [0.29, 0.717) is 21.8 Å². The van der Waals surface area contributed by atoms with E-state index in [4.69, 9.17) is 9.15 Å². The Balaban J connectivity index is 2.05. The molecule has 0 saturated heterocycles. The third-order valence-corrected chi connectivity index (χ3v) is 4.73. The highest BCUT2D eigenvalue weighted by atomic mass is 79.9. The van der Waals surface area contributed by atoms with Gasteiger partial charge in [-0.15, -0.1) is 0 Å². The predicted octanol–water partition coefficient (Wildman–Crippen LogP) is 4.75. The van der Waals surface area contributed by atoms with Crippen molar-refractivity contribution >= 4 is 54.5 Å². The maximum Gasteiger partial charge on any atom is 0.184 e. The van der Waals surface area contributed by atoms with Gasteiger partial charge in [-0.1, -0.05) is 0 Å². The summed E-state index contributed by atoms with van der Waals surface area (Å²) in [4.78, 5) is 7.53. The smallest absolute Gasteiger partial charge is 0.184 e. The topological polar surface area (TPSA) is 74.8 Å². The Bertz CT molecular complexity index is 899. The highest BCUT2D eigenvalue weighted by Gasteiger charge is 2.11. The number of nitrogens with one attached hydrogen (secondary N) is 1. The molecule has 0 radical (unpaired) electrons. The lowest BCUT2D eigenvalue weighted by Gasteiger charge is -1.96. The molecule has 2 aromatic heterocycles. The molecule has 22 heavy (non-hydrogen) atoms. The number of fused-ring (bicyclic) bond motifs is 1. The van der Waals surface area contributed by atoms with Crippen molar-refractivity contribution in [1.82, 2.24) is 9.97 Å². The molecule has 1 N–H and O–H groups in total. The summed E-state index contributed by atoms with van der Waals surface area (Å²) in [7, 11) is 1.60. The van der Waals surface area contributed by atoms with Crippen molar-refractivity contribution in [3.05, 3.63) is 45.0 Å². The van der Waals surface area contributed by atoms with Crippen LogP contribution in [0.25, 0.3) is 22.7 Å². The van der Waals surface area contributed by atoms with Crippen molar-refractivity contribution in [3.8, 4) is 11.8 Å². The monoisotopic (exact) mass is 421 g/mol. The summed E-state index contributed by atoms with van der Waals surface area (Å²) in [5, 5.41) is 9.37. The number of allylic oxidation sites excluding steroid dienone is 1. The minimum atomic E-state index is 0.379. The van der Waals surface area contributed by atoms with Crippen molar-refractivity contribution in [3.63, 3.8) is 0 Å². The second-order valence-corrected chi connectivity index (χ2v) is 5.98. The van der Waals surface area contributed by atoms with Crippen LogP contribution in [0, 0.1) is 11.3 Å². The van der Waals surface area contributed by atoms with Crippen LogP contribution in [0.2, 0.25) is 0 Å². The number of hydrogen-bond donors (Lipinski definition) is 1. The molecule has 0 aliphatic heterocycles. The molecule has 1 aromatic carbocycles. The first-order valence-corrected chi connectivity index (χ1v) is 7.80. The molecule has 110 valence electrons. The van der Waals surface area contributed by atoms with Crippen molar-refractivity contribution in [1.29, 1.82) is 5.26 Å². The number of aromatic amines is 1. The maximum absolute atomic E-state index is 9.37. The van der Waals surface area contributed by atoms with Crippen molar-refractivity contribution < 1.29 is 9.15 Å². The normalized spacial score (nSPS) is 11.6. The fraction of sp³-hybridized carbons (Fsp3) is 0.0667. The number of rotatable bonds is 3. The number of aromatic nitrogens is 2. The number of hydrogen-bond acceptors (Lipinski definition) is 4. The number of nitrogens with zero attached hydrogens (tertiary/aromatic N) is 2. The lowest BCUT2D eigenvalue weighted by atomic mass is 10.2. The van der Waals surface area contributed by atoms with Gasteiger partial charge in [-0.05, 0) is 50.1 Å². The van der Waals surface area contributed by atoms with E-state index in [-0.39, 0.29) is 0 Å². The van der Waals surface area contributed by atoms with E-state index in [0.717, 1.165) is 21.3 Å². The first-order valence-electron chi connectivity index (χ1n) is 6.21. The summed E-state index contributed by atoms with van der Waals surface area (Å²) in [5.74, 6) is 1.76. The van der Waals surface area contributed by atoms with Crippen LogP contribution in [0.3, 0.4) is 0 Å². The largest absolute Gasteiger partial charge is 0.497 e. The van der Waals surface area contributed by atoms with Gasteiger partial charge in [0.25, 0.3) is 0 Å².